The molecule has 2 nitrogen and oxygen atoms in total. The lowest BCUT2D eigenvalue weighted by atomic mass is 10.1. The Balaban J connectivity index is 2.11. The Hall–Kier alpha value is -1.48. The van der Waals surface area contributed by atoms with E-state index in [2.05, 4.69) is 29.8 Å². The van der Waals surface area contributed by atoms with Crippen LogP contribution in [-0.2, 0) is 6.61 Å². The molecule has 0 amide bonds. The van der Waals surface area contributed by atoms with E-state index in [1.165, 1.54) is 11.1 Å². The molecule has 0 saturated carbocycles. The molecule has 0 spiro atoms. The van der Waals surface area contributed by atoms with Crippen molar-refractivity contribution in [2.24, 2.45) is 0 Å². The number of nitrogen functional groups attached to an aromatic ring is 1. The summed E-state index contributed by atoms with van der Waals surface area (Å²) in [6.07, 6.45) is 0. The van der Waals surface area contributed by atoms with Crippen molar-refractivity contribution in [2.45, 2.75) is 20.5 Å². The molecular formula is C15H16BrNO. The van der Waals surface area contributed by atoms with Gasteiger partial charge in [0, 0.05) is 10.2 Å². The molecule has 2 N–H and O–H groups in total. The lowest BCUT2D eigenvalue weighted by molar-refractivity contribution is 0.304. The highest BCUT2D eigenvalue weighted by Gasteiger charge is 2.05. The first-order valence-electron chi connectivity index (χ1n) is 5.81. The van der Waals surface area contributed by atoms with Crippen LogP contribution < -0.4 is 10.5 Å². The van der Waals surface area contributed by atoms with Crippen LogP contribution in [0.1, 0.15) is 16.7 Å². The van der Waals surface area contributed by atoms with Gasteiger partial charge >= 0.3 is 0 Å². The minimum absolute atomic E-state index is 0.558. The lowest BCUT2D eigenvalue weighted by Gasteiger charge is -2.12. The summed E-state index contributed by atoms with van der Waals surface area (Å²) in [5.41, 5.74) is 9.92. The third-order valence-corrected chi connectivity index (χ3v) is 3.90. The standard InChI is InChI=1S/C15H16BrNO/c1-10-11(2)15(8-7-14(10)16)18-9-12-3-5-13(17)6-4-12/h3-8H,9,17H2,1-2H3. The molecule has 18 heavy (non-hydrogen) atoms. The van der Waals surface area contributed by atoms with Crippen LogP contribution in [0.2, 0.25) is 0 Å². The maximum atomic E-state index is 5.84. The van der Waals surface area contributed by atoms with E-state index >= 15 is 0 Å². The van der Waals surface area contributed by atoms with Crippen molar-refractivity contribution >= 4 is 21.6 Å². The van der Waals surface area contributed by atoms with Crippen LogP contribution in [0.15, 0.2) is 40.9 Å². The minimum atomic E-state index is 0.558. The number of benzene rings is 2. The molecule has 0 aliphatic carbocycles. The number of hydrogen-bond acceptors (Lipinski definition) is 2. The Bertz CT molecular complexity index is 549. The second kappa shape index (κ2) is 5.44. The van der Waals surface area contributed by atoms with E-state index in [1.54, 1.807) is 0 Å². The smallest absolute Gasteiger partial charge is 0.123 e. The minimum Gasteiger partial charge on any atom is -0.489 e. The Morgan fingerprint density at radius 3 is 2.33 bits per heavy atom. The molecule has 0 unspecified atom stereocenters. The maximum Gasteiger partial charge on any atom is 0.123 e. The van der Waals surface area contributed by atoms with Gasteiger partial charge in [0.15, 0.2) is 0 Å². The Kier molecular flexibility index (Phi) is 3.92. The number of hydrogen-bond donors (Lipinski definition) is 1. The third-order valence-electron chi connectivity index (χ3n) is 3.05. The summed E-state index contributed by atoms with van der Waals surface area (Å²) in [6, 6.07) is 11.7. The fourth-order valence-electron chi connectivity index (χ4n) is 1.69. The third kappa shape index (κ3) is 2.85. The van der Waals surface area contributed by atoms with Crippen molar-refractivity contribution in [1.29, 1.82) is 0 Å². The topological polar surface area (TPSA) is 35.2 Å². The molecule has 94 valence electrons. The zero-order valence-electron chi connectivity index (χ0n) is 10.5. The van der Waals surface area contributed by atoms with Gasteiger partial charge in [0.2, 0.25) is 0 Å². The average Bonchev–Trinajstić information content (AvgIpc) is 2.37. The van der Waals surface area contributed by atoms with Crippen LogP contribution >= 0.6 is 15.9 Å². The van der Waals surface area contributed by atoms with E-state index < -0.39 is 0 Å². The van der Waals surface area contributed by atoms with Gasteiger partial charge in [-0.2, -0.15) is 0 Å². The Morgan fingerprint density at radius 2 is 1.67 bits per heavy atom. The normalized spacial score (nSPS) is 10.4. The maximum absolute atomic E-state index is 5.84. The van der Waals surface area contributed by atoms with Crippen LogP contribution in [0.25, 0.3) is 0 Å². The summed E-state index contributed by atoms with van der Waals surface area (Å²) < 4.78 is 6.95. The van der Waals surface area contributed by atoms with Crippen LogP contribution in [0, 0.1) is 13.8 Å². The molecule has 0 aromatic heterocycles. The fraction of sp³-hybridized carbons (Fsp3) is 0.200. The number of ether oxygens (including phenoxy) is 1. The monoisotopic (exact) mass is 305 g/mol. The van der Waals surface area contributed by atoms with Gasteiger partial charge in [-0.05, 0) is 54.8 Å². The van der Waals surface area contributed by atoms with E-state index in [0.29, 0.717) is 6.61 Å². The first kappa shape index (κ1) is 13.0. The fourth-order valence-corrected chi connectivity index (χ4v) is 2.12. The molecule has 0 aliphatic heterocycles. The summed E-state index contributed by atoms with van der Waals surface area (Å²) >= 11 is 3.51. The predicted molar refractivity (Wildman–Crippen MR) is 78.8 cm³/mol. The SMILES string of the molecule is Cc1c(Br)ccc(OCc2ccc(N)cc2)c1C. The van der Waals surface area contributed by atoms with Gasteiger partial charge in [-0.15, -0.1) is 0 Å². The average molecular weight is 306 g/mol. The summed E-state index contributed by atoms with van der Waals surface area (Å²) in [5, 5.41) is 0. The quantitative estimate of drug-likeness (QED) is 0.861. The second-order valence-electron chi connectivity index (χ2n) is 4.33. The first-order valence-corrected chi connectivity index (χ1v) is 6.60. The number of halogens is 1. The second-order valence-corrected chi connectivity index (χ2v) is 5.18. The highest BCUT2D eigenvalue weighted by Crippen LogP contribution is 2.28. The molecule has 0 aliphatic rings. The molecule has 2 rings (SSSR count). The van der Waals surface area contributed by atoms with Crippen LogP contribution in [0.4, 0.5) is 5.69 Å². The first-order chi connectivity index (χ1) is 8.58. The molecule has 0 radical (unpaired) electrons. The molecular weight excluding hydrogens is 290 g/mol. The Morgan fingerprint density at radius 1 is 1.00 bits per heavy atom. The van der Waals surface area contributed by atoms with Crippen molar-refractivity contribution in [2.75, 3.05) is 5.73 Å². The summed E-state index contributed by atoms with van der Waals surface area (Å²) in [5.74, 6) is 0.924. The van der Waals surface area contributed by atoms with Crippen LogP contribution in [0.5, 0.6) is 5.75 Å². The van der Waals surface area contributed by atoms with Gasteiger partial charge in [-0.25, -0.2) is 0 Å². The van der Waals surface area contributed by atoms with Crippen LogP contribution in [-0.4, -0.2) is 0 Å². The molecule has 2 aromatic carbocycles. The van der Waals surface area contributed by atoms with E-state index in [1.807, 2.05) is 36.4 Å². The van der Waals surface area contributed by atoms with Gasteiger partial charge in [-0.3, -0.25) is 0 Å². The summed E-state index contributed by atoms with van der Waals surface area (Å²) in [4.78, 5) is 0. The van der Waals surface area contributed by atoms with Gasteiger partial charge in [0.25, 0.3) is 0 Å². The molecule has 0 fully saturated rings. The molecule has 3 heteroatoms. The lowest BCUT2D eigenvalue weighted by Crippen LogP contribution is -1.98. The Labute approximate surface area is 116 Å². The van der Waals surface area contributed by atoms with Gasteiger partial charge < -0.3 is 10.5 Å². The predicted octanol–water partition coefficient (Wildman–Crippen LogP) is 4.23. The number of anilines is 1. The molecule has 2 aromatic rings. The zero-order chi connectivity index (χ0) is 13.1. The van der Waals surface area contributed by atoms with Crippen molar-refractivity contribution in [3.05, 3.63) is 57.6 Å². The summed E-state index contributed by atoms with van der Waals surface area (Å²) in [6.45, 7) is 4.70. The van der Waals surface area contributed by atoms with Crippen molar-refractivity contribution in [1.82, 2.24) is 0 Å². The van der Waals surface area contributed by atoms with E-state index in [4.69, 9.17) is 10.5 Å². The molecule has 0 saturated heterocycles. The van der Waals surface area contributed by atoms with Crippen molar-refractivity contribution in [3.8, 4) is 5.75 Å². The van der Waals surface area contributed by atoms with E-state index in [9.17, 15) is 0 Å². The highest BCUT2D eigenvalue weighted by molar-refractivity contribution is 9.10. The largest absolute Gasteiger partial charge is 0.489 e. The zero-order valence-corrected chi connectivity index (χ0v) is 12.1. The molecule has 0 bridgehead atoms. The van der Waals surface area contributed by atoms with E-state index in [0.717, 1.165) is 21.5 Å². The van der Waals surface area contributed by atoms with E-state index in [-0.39, 0.29) is 0 Å². The van der Waals surface area contributed by atoms with Gasteiger partial charge in [-0.1, -0.05) is 28.1 Å². The van der Waals surface area contributed by atoms with Crippen molar-refractivity contribution in [3.63, 3.8) is 0 Å². The van der Waals surface area contributed by atoms with Crippen LogP contribution in [0.3, 0.4) is 0 Å². The van der Waals surface area contributed by atoms with Crippen molar-refractivity contribution < 1.29 is 4.74 Å². The molecule has 0 atom stereocenters. The highest BCUT2D eigenvalue weighted by atomic mass is 79.9. The number of nitrogens with two attached hydrogens (primary N) is 1. The van der Waals surface area contributed by atoms with Gasteiger partial charge in [0.1, 0.15) is 12.4 Å². The number of rotatable bonds is 3. The molecule has 0 heterocycles. The van der Waals surface area contributed by atoms with Gasteiger partial charge in [0.05, 0.1) is 0 Å². The summed E-state index contributed by atoms with van der Waals surface area (Å²) in [7, 11) is 0.